The summed E-state index contributed by atoms with van der Waals surface area (Å²) in [5.41, 5.74) is 2.94. The number of benzene rings is 1. The zero-order valence-electron chi connectivity index (χ0n) is 15.3. The number of aromatic nitrogens is 2. The molecule has 6 heteroatoms. The molecule has 1 spiro atoms. The van der Waals surface area contributed by atoms with Gasteiger partial charge in [0, 0.05) is 51.7 Å². The molecule has 2 aliphatic rings. The number of ether oxygens (including phenoxy) is 1. The maximum absolute atomic E-state index is 9.18. The highest BCUT2D eigenvalue weighted by atomic mass is 16.5. The Bertz CT molecular complexity index is 807. The van der Waals surface area contributed by atoms with E-state index in [1.807, 2.05) is 37.8 Å². The molecule has 26 heavy (non-hydrogen) atoms. The van der Waals surface area contributed by atoms with E-state index in [-0.39, 0.29) is 5.60 Å². The summed E-state index contributed by atoms with van der Waals surface area (Å²) in [7, 11) is 2.04. The fourth-order valence-corrected chi connectivity index (χ4v) is 4.16. The monoisotopic (exact) mass is 351 g/mol. The summed E-state index contributed by atoms with van der Waals surface area (Å²) in [6, 6.07) is 10.1. The van der Waals surface area contributed by atoms with Crippen LogP contribution in [0, 0.1) is 11.3 Å². The van der Waals surface area contributed by atoms with E-state index in [1.54, 1.807) is 0 Å². The molecule has 0 N–H and O–H groups in total. The van der Waals surface area contributed by atoms with Gasteiger partial charge in [-0.2, -0.15) is 5.26 Å². The van der Waals surface area contributed by atoms with Crippen molar-refractivity contribution < 1.29 is 4.74 Å². The fraction of sp³-hybridized carbons (Fsp3) is 0.500. The minimum atomic E-state index is -0.127. The third-order valence-corrected chi connectivity index (χ3v) is 5.51. The second-order valence-electron chi connectivity index (χ2n) is 7.43. The first kappa shape index (κ1) is 17.1. The number of aryl methyl sites for hydroxylation is 1. The molecular formula is C20H25N5O. The number of morpholine rings is 1. The molecule has 2 aromatic rings. The Morgan fingerprint density at radius 3 is 3.04 bits per heavy atom. The lowest BCUT2D eigenvalue weighted by Gasteiger charge is -2.48. The molecule has 2 aliphatic heterocycles. The van der Waals surface area contributed by atoms with Crippen molar-refractivity contribution in [1.29, 1.82) is 5.26 Å². The zero-order valence-corrected chi connectivity index (χ0v) is 15.3. The Morgan fingerprint density at radius 1 is 1.31 bits per heavy atom. The highest BCUT2D eigenvalue weighted by molar-refractivity contribution is 5.52. The molecule has 136 valence electrons. The van der Waals surface area contributed by atoms with Gasteiger partial charge in [0.15, 0.2) is 0 Å². The van der Waals surface area contributed by atoms with E-state index in [2.05, 4.69) is 31.5 Å². The van der Waals surface area contributed by atoms with E-state index in [1.165, 1.54) is 5.69 Å². The SMILES string of the molecule is Cn1cncc1CN1CCO[C@@]2(CCCN(c3cccc(C#N)c3)C2)C1. The Balaban J connectivity index is 1.48. The van der Waals surface area contributed by atoms with Gasteiger partial charge in [0.2, 0.25) is 0 Å². The van der Waals surface area contributed by atoms with Crippen molar-refractivity contribution in [3.05, 3.63) is 48.0 Å². The van der Waals surface area contributed by atoms with Crippen LogP contribution in [0.2, 0.25) is 0 Å². The van der Waals surface area contributed by atoms with Crippen LogP contribution in [0.5, 0.6) is 0 Å². The minimum absolute atomic E-state index is 0.127. The molecule has 2 saturated heterocycles. The second-order valence-corrected chi connectivity index (χ2v) is 7.43. The van der Waals surface area contributed by atoms with Gasteiger partial charge in [-0.3, -0.25) is 4.90 Å². The van der Waals surface area contributed by atoms with Crippen molar-refractivity contribution in [1.82, 2.24) is 14.5 Å². The molecule has 3 heterocycles. The van der Waals surface area contributed by atoms with Crippen LogP contribution in [-0.2, 0) is 18.3 Å². The van der Waals surface area contributed by atoms with Gasteiger partial charge in [0.25, 0.3) is 0 Å². The van der Waals surface area contributed by atoms with Crippen molar-refractivity contribution in [2.24, 2.45) is 7.05 Å². The predicted octanol–water partition coefficient (Wildman–Crippen LogP) is 2.16. The molecule has 0 aliphatic carbocycles. The number of hydrogen-bond donors (Lipinski definition) is 0. The van der Waals surface area contributed by atoms with Crippen molar-refractivity contribution in [3.8, 4) is 6.07 Å². The van der Waals surface area contributed by atoms with Crippen LogP contribution in [0.4, 0.5) is 5.69 Å². The van der Waals surface area contributed by atoms with Crippen molar-refractivity contribution in [2.75, 3.05) is 37.7 Å². The van der Waals surface area contributed by atoms with Crippen molar-refractivity contribution >= 4 is 5.69 Å². The number of piperidine rings is 1. The summed E-state index contributed by atoms with van der Waals surface area (Å²) < 4.78 is 8.41. The van der Waals surface area contributed by atoms with Gasteiger partial charge in [-0.15, -0.1) is 0 Å². The average Bonchev–Trinajstić information content (AvgIpc) is 3.06. The molecule has 0 bridgehead atoms. The van der Waals surface area contributed by atoms with Gasteiger partial charge in [-0.05, 0) is 31.0 Å². The number of hydrogen-bond acceptors (Lipinski definition) is 5. The van der Waals surface area contributed by atoms with Gasteiger partial charge in [0.05, 0.1) is 35.9 Å². The van der Waals surface area contributed by atoms with E-state index < -0.39 is 0 Å². The normalized spacial score (nSPS) is 23.9. The Hall–Kier alpha value is -2.36. The van der Waals surface area contributed by atoms with Crippen LogP contribution in [0.15, 0.2) is 36.8 Å². The summed E-state index contributed by atoms with van der Waals surface area (Å²) in [5.74, 6) is 0. The molecule has 0 amide bonds. The molecule has 1 aromatic carbocycles. The lowest BCUT2D eigenvalue weighted by molar-refractivity contribution is -0.116. The highest BCUT2D eigenvalue weighted by Crippen LogP contribution is 2.32. The first-order valence-electron chi connectivity index (χ1n) is 9.24. The maximum atomic E-state index is 9.18. The minimum Gasteiger partial charge on any atom is -0.370 e. The van der Waals surface area contributed by atoms with E-state index in [0.29, 0.717) is 5.56 Å². The highest BCUT2D eigenvalue weighted by Gasteiger charge is 2.40. The van der Waals surface area contributed by atoms with Crippen LogP contribution < -0.4 is 4.90 Å². The van der Waals surface area contributed by atoms with Gasteiger partial charge in [-0.1, -0.05) is 6.07 Å². The topological polar surface area (TPSA) is 57.3 Å². The van der Waals surface area contributed by atoms with E-state index in [0.717, 1.165) is 57.9 Å². The number of nitriles is 1. The van der Waals surface area contributed by atoms with Crippen LogP contribution in [0.25, 0.3) is 0 Å². The number of rotatable bonds is 3. The van der Waals surface area contributed by atoms with E-state index in [4.69, 9.17) is 4.74 Å². The van der Waals surface area contributed by atoms with Crippen molar-refractivity contribution in [3.63, 3.8) is 0 Å². The number of anilines is 1. The fourth-order valence-electron chi connectivity index (χ4n) is 4.16. The molecule has 2 fully saturated rings. The maximum Gasteiger partial charge on any atom is 0.0992 e. The zero-order chi connectivity index (χ0) is 18.0. The Labute approximate surface area is 154 Å². The average molecular weight is 351 g/mol. The summed E-state index contributed by atoms with van der Waals surface area (Å²) in [6.07, 6.45) is 6.00. The molecule has 1 atom stereocenters. The third kappa shape index (κ3) is 3.46. The number of imidazole rings is 1. The lowest BCUT2D eigenvalue weighted by atomic mass is 9.90. The first-order chi connectivity index (χ1) is 12.7. The summed E-state index contributed by atoms with van der Waals surface area (Å²) >= 11 is 0. The van der Waals surface area contributed by atoms with Gasteiger partial charge in [0.1, 0.15) is 0 Å². The van der Waals surface area contributed by atoms with Crippen LogP contribution in [0.3, 0.4) is 0 Å². The van der Waals surface area contributed by atoms with Gasteiger partial charge >= 0.3 is 0 Å². The third-order valence-electron chi connectivity index (χ3n) is 5.51. The second kappa shape index (κ2) is 7.10. The Kier molecular flexibility index (Phi) is 4.66. The standard InChI is InChI=1S/C20H25N5O/c1-23-16-22-12-19(23)13-24-8-9-26-20(14-24)6-3-7-25(15-20)18-5-2-4-17(10-18)11-21/h2,4-5,10,12,16H,3,6-9,13-15H2,1H3/t20-/m0/s1. The number of nitrogens with zero attached hydrogens (tertiary/aromatic N) is 5. The van der Waals surface area contributed by atoms with E-state index in [9.17, 15) is 5.26 Å². The van der Waals surface area contributed by atoms with Crippen LogP contribution in [0.1, 0.15) is 24.1 Å². The van der Waals surface area contributed by atoms with E-state index >= 15 is 0 Å². The quantitative estimate of drug-likeness (QED) is 0.848. The van der Waals surface area contributed by atoms with Gasteiger partial charge < -0.3 is 14.2 Å². The smallest absolute Gasteiger partial charge is 0.0992 e. The van der Waals surface area contributed by atoms with Crippen molar-refractivity contribution in [2.45, 2.75) is 25.0 Å². The molecular weight excluding hydrogens is 326 g/mol. The lowest BCUT2D eigenvalue weighted by Crippen LogP contribution is -2.59. The Morgan fingerprint density at radius 2 is 2.23 bits per heavy atom. The first-order valence-corrected chi connectivity index (χ1v) is 9.24. The molecule has 4 rings (SSSR count). The van der Waals surface area contributed by atoms with Gasteiger partial charge in [-0.25, -0.2) is 4.98 Å². The van der Waals surface area contributed by atoms with Crippen LogP contribution >= 0.6 is 0 Å². The predicted molar refractivity (Wildman–Crippen MR) is 99.8 cm³/mol. The largest absolute Gasteiger partial charge is 0.370 e. The summed E-state index contributed by atoms with van der Waals surface area (Å²) in [6.45, 7) is 5.46. The molecule has 0 radical (unpaired) electrons. The summed E-state index contributed by atoms with van der Waals surface area (Å²) in [5, 5.41) is 9.18. The molecule has 6 nitrogen and oxygen atoms in total. The van der Waals surface area contributed by atoms with Crippen LogP contribution in [-0.4, -0.2) is 52.8 Å². The molecule has 0 saturated carbocycles. The summed E-state index contributed by atoms with van der Waals surface area (Å²) in [4.78, 5) is 9.08. The molecule has 0 unspecified atom stereocenters. The molecule has 1 aromatic heterocycles.